The molecule has 0 aromatic heterocycles. The Morgan fingerprint density at radius 2 is 1.92 bits per heavy atom. The average Bonchev–Trinajstić information content (AvgIpc) is 2.56. The summed E-state index contributed by atoms with van der Waals surface area (Å²) in [6.07, 6.45) is 0.645. The average molecular weight is 347 g/mol. The summed E-state index contributed by atoms with van der Waals surface area (Å²) in [5.74, 6) is 0.584. The van der Waals surface area contributed by atoms with E-state index in [0.29, 0.717) is 41.6 Å². The predicted octanol–water partition coefficient (Wildman–Crippen LogP) is 4.13. The third kappa shape index (κ3) is 5.59. The van der Waals surface area contributed by atoms with Crippen LogP contribution in [0.2, 0.25) is 5.02 Å². The molecule has 0 radical (unpaired) electrons. The summed E-state index contributed by atoms with van der Waals surface area (Å²) < 4.78 is 5.54. The second-order valence-electron chi connectivity index (χ2n) is 5.15. The van der Waals surface area contributed by atoms with E-state index in [1.54, 1.807) is 36.4 Å². The predicted molar refractivity (Wildman–Crippen MR) is 95.0 cm³/mol. The van der Waals surface area contributed by atoms with Crippen molar-refractivity contribution in [3.05, 3.63) is 59.1 Å². The standard InChI is InChI=1S/C18H19ClN2O3/c1-13(22)14-6-4-7-15(12-14)21-18(23)20-10-5-11-24-17-9-3-2-8-16(17)19/h2-4,6-9,12H,5,10-11H2,1H3,(H2,20,21,23). The molecule has 2 N–H and O–H groups in total. The van der Waals surface area contributed by atoms with Crippen molar-refractivity contribution in [3.8, 4) is 5.75 Å². The van der Waals surface area contributed by atoms with Gasteiger partial charge in [0, 0.05) is 17.8 Å². The van der Waals surface area contributed by atoms with Crippen LogP contribution in [0, 0.1) is 0 Å². The second-order valence-corrected chi connectivity index (χ2v) is 5.56. The van der Waals surface area contributed by atoms with Crippen molar-refractivity contribution in [2.24, 2.45) is 0 Å². The van der Waals surface area contributed by atoms with Gasteiger partial charge < -0.3 is 15.4 Å². The number of rotatable bonds is 7. The van der Waals surface area contributed by atoms with Gasteiger partial charge in [-0.1, -0.05) is 35.9 Å². The summed E-state index contributed by atoms with van der Waals surface area (Å²) in [7, 11) is 0. The number of para-hydroxylation sites is 1. The second kappa shape index (κ2) is 8.93. The normalized spacial score (nSPS) is 10.1. The Morgan fingerprint density at radius 1 is 1.12 bits per heavy atom. The smallest absolute Gasteiger partial charge is 0.319 e. The molecular weight excluding hydrogens is 328 g/mol. The fraction of sp³-hybridized carbons (Fsp3) is 0.222. The summed E-state index contributed by atoms with van der Waals surface area (Å²) in [6.45, 7) is 2.39. The molecule has 0 heterocycles. The van der Waals surface area contributed by atoms with E-state index < -0.39 is 0 Å². The van der Waals surface area contributed by atoms with Crippen molar-refractivity contribution in [3.63, 3.8) is 0 Å². The Balaban J connectivity index is 1.69. The van der Waals surface area contributed by atoms with Gasteiger partial charge in [-0.3, -0.25) is 4.79 Å². The molecule has 0 aliphatic heterocycles. The molecule has 2 aromatic carbocycles. The number of Topliss-reactive ketones (excluding diaryl/α,β-unsaturated/α-hetero) is 1. The van der Waals surface area contributed by atoms with Crippen LogP contribution >= 0.6 is 11.6 Å². The molecular formula is C18H19ClN2O3. The Labute approximate surface area is 146 Å². The Morgan fingerprint density at radius 3 is 2.67 bits per heavy atom. The van der Waals surface area contributed by atoms with Crippen LogP contribution in [0.5, 0.6) is 5.75 Å². The molecule has 2 rings (SSSR count). The van der Waals surface area contributed by atoms with Gasteiger partial charge in [0.15, 0.2) is 5.78 Å². The highest BCUT2D eigenvalue weighted by Crippen LogP contribution is 2.22. The van der Waals surface area contributed by atoms with E-state index in [9.17, 15) is 9.59 Å². The Kier molecular flexibility index (Phi) is 6.63. The number of amides is 2. The highest BCUT2D eigenvalue weighted by molar-refractivity contribution is 6.32. The fourth-order valence-electron chi connectivity index (χ4n) is 2.01. The number of anilines is 1. The van der Waals surface area contributed by atoms with Crippen molar-refractivity contribution in [2.75, 3.05) is 18.5 Å². The van der Waals surface area contributed by atoms with Gasteiger partial charge in [-0.15, -0.1) is 0 Å². The van der Waals surface area contributed by atoms with E-state index in [4.69, 9.17) is 16.3 Å². The van der Waals surface area contributed by atoms with Crippen molar-refractivity contribution in [2.45, 2.75) is 13.3 Å². The molecule has 24 heavy (non-hydrogen) atoms. The van der Waals surface area contributed by atoms with E-state index in [2.05, 4.69) is 10.6 Å². The topological polar surface area (TPSA) is 67.4 Å². The van der Waals surface area contributed by atoms with E-state index in [0.717, 1.165) is 0 Å². The van der Waals surface area contributed by atoms with Crippen molar-refractivity contribution < 1.29 is 14.3 Å². The minimum absolute atomic E-state index is 0.0456. The summed E-state index contributed by atoms with van der Waals surface area (Å²) in [4.78, 5) is 23.1. The van der Waals surface area contributed by atoms with Crippen molar-refractivity contribution in [1.82, 2.24) is 5.32 Å². The molecule has 5 nitrogen and oxygen atoms in total. The monoisotopic (exact) mass is 346 g/mol. The lowest BCUT2D eigenvalue weighted by atomic mass is 10.1. The number of urea groups is 1. The van der Waals surface area contributed by atoms with Crippen LogP contribution in [-0.2, 0) is 0 Å². The molecule has 126 valence electrons. The van der Waals surface area contributed by atoms with E-state index in [1.807, 2.05) is 12.1 Å². The van der Waals surface area contributed by atoms with E-state index >= 15 is 0 Å². The zero-order valence-electron chi connectivity index (χ0n) is 13.3. The largest absolute Gasteiger partial charge is 0.492 e. The zero-order valence-corrected chi connectivity index (χ0v) is 14.1. The molecule has 2 amide bonds. The van der Waals surface area contributed by atoms with Crippen LogP contribution in [-0.4, -0.2) is 25.0 Å². The Hall–Kier alpha value is -2.53. The number of carbonyl (C=O) groups is 2. The van der Waals surface area contributed by atoms with Crippen LogP contribution in [0.3, 0.4) is 0 Å². The number of carbonyl (C=O) groups excluding carboxylic acids is 2. The molecule has 0 fully saturated rings. The molecule has 0 atom stereocenters. The van der Waals surface area contributed by atoms with Gasteiger partial charge in [0.2, 0.25) is 0 Å². The third-order valence-corrected chi connectivity index (χ3v) is 3.54. The number of hydrogen-bond acceptors (Lipinski definition) is 3. The number of ether oxygens (including phenoxy) is 1. The highest BCUT2D eigenvalue weighted by atomic mass is 35.5. The minimum Gasteiger partial charge on any atom is -0.492 e. The van der Waals surface area contributed by atoms with Gasteiger partial charge in [-0.25, -0.2) is 4.79 Å². The van der Waals surface area contributed by atoms with Gasteiger partial charge >= 0.3 is 6.03 Å². The zero-order chi connectivity index (χ0) is 17.4. The van der Waals surface area contributed by atoms with Crippen LogP contribution < -0.4 is 15.4 Å². The maximum Gasteiger partial charge on any atom is 0.319 e. The number of halogens is 1. The maximum absolute atomic E-state index is 11.8. The quantitative estimate of drug-likeness (QED) is 0.585. The van der Waals surface area contributed by atoms with Crippen LogP contribution in [0.25, 0.3) is 0 Å². The highest BCUT2D eigenvalue weighted by Gasteiger charge is 2.04. The van der Waals surface area contributed by atoms with E-state index in [1.165, 1.54) is 6.92 Å². The number of hydrogen-bond donors (Lipinski definition) is 2. The number of nitrogens with one attached hydrogen (secondary N) is 2. The molecule has 0 aliphatic rings. The molecule has 2 aromatic rings. The third-order valence-electron chi connectivity index (χ3n) is 3.23. The molecule has 0 saturated carbocycles. The first-order chi connectivity index (χ1) is 11.6. The lowest BCUT2D eigenvalue weighted by Crippen LogP contribution is -2.30. The van der Waals surface area contributed by atoms with Gasteiger partial charge in [-0.05, 0) is 37.6 Å². The lowest BCUT2D eigenvalue weighted by Gasteiger charge is -2.10. The van der Waals surface area contributed by atoms with Crippen LogP contribution in [0.1, 0.15) is 23.7 Å². The number of benzene rings is 2. The fourth-order valence-corrected chi connectivity index (χ4v) is 2.20. The Bertz CT molecular complexity index is 719. The van der Waals surface area contributed by atoms with Crippen molar-refractivity contribution >= 4 is 29.1 Å². The minimum atomic E-state index is -0.326. The molecule has 0 bridgehead atoms. The summed E-state index contributed by atoms with van der Waals surface area (Å²) in [5.41, 5.74) is 1.13. The molecule has 6 heteroatoms. The van der Waals surface area contributed by atoms with Crippen LogP contribution in [0.15, 0.2) is 48.5 Å². The molecule has 0 aliphatic carbocycles. The maximum atomic E-state index is 11.8. The van der Waals surface area contributed by atoms with Gasteiger partial charge in [0.05, 0.1) is 11.6 Å². The summed E-state index contributed by atoms with van der Waals surface area (Å²) in [6, 6.07) is 13.7. The van der Waals surface area contributed by atoms with E-state index in [-0.39, 0.29) is 11.8 Å². The first-order valence-electron chi connectivity index (χ1n) is 7.59. The molecule has 0 unspecified atom stereocenters. The van der Waals surface area contributed by atoms with Crippen molar-refractivity contribution in [1.29, 1.82) is 0 Å². The van der Waals surface area contributed by atoms with Gasteiger partial charge in [-0.2, -0.15) is 0 Å². The van der Waals surface area contributed by atoms with Gasteiger partial charge in [0.25, 0.3) is 0 Å². The van der Waals surface area contributed by atoms with Crippen LogP contribution in [0.4, 0.5) is 10.5 Å². The molecule has 0 saturated heterocycles. The first kappa shape index (κ1) is 17.8. The summed E-state index contributed by atoms with van der Waals surface area (Å²) in [5, 5.41) is 5.99. The number of ketones is 1. The van der Waals surface area contributed by atoms with Gasteiger partial charge in [0.1, 0.15) is 5.75 Å². The first-order valence-corrected chi connectivity index (χ1v) is 7.97. The summed E-state index contributed by atoms with van der Waals surface area (Å²) >= 11 is 5.98. The molecule has 0 spiro atoms. The SMILES string of the molecule is CC(=O)c1cccc(NC(=O)NCCCOc2ccccc2Cl)c1. The lowest BCUT2D eigenvalue weighted by molar-refractivity contribution is 0.101.